The highest BCUT2D eigenvalue weighted by atomic mass is 28.3. The van der Waals surface area contributed by atoms with E-state index in [2.05, 4.69) is 29.1 Å². The first-order chi connectivity index (χ1) is 3.77. The maximum Gasteiger partial charge on any atom is 0.138 e. The predicted octanol–water partition coefficient (Wildman–Crippen LogP) is 0.540. The van der Waals surface area contributed by atoms with E-state index in [0.717, 1.165) is 16.2 Å². The van der Waals surface area contributed by atoms with Crippen LogP contribution in [0.4, 0.5) is 0 Å². The fourth-order valence-electron chi connectivity index (χ4n) is 0.350. The lowest BCUT2D eigenvalue weighted by Gasteiger charge is -2.01. The van der Waals surface area contributed by atoms with Gasteiger partial charge >= 0.3 is 0 Å². The molecule has 0 aliphatic rings. The average Bonchev–Trinajstić information content (AvgIpc) is 1.66. The van der Waals surface area contributed by atoms with Crippen LogP contribution in [0.25, 0.3) is 0 Å². The Morgan fingerprint density at radius 3 is 2.75 bits per heavy atom. The van der Waals surface area contributed by atoms with Crippen LogP contribution in [0, 0.1) is 0 Å². The molecule has 8 heavy (non-hydrogen) atoms. The van der Waals surface area contributed by atoms with Crippen molar-refractivity contribution in [2.75, 3.05) is 6.54 Å². The lowest BCUT2D eigenvalue weighted by atomic mass is 10.5. The second-order valence-electron chi connectivity index (χ2n) is 1.79. The lowest BCUT2D eigenvalue weighted by molar-refractivity contribution is 0.855. The zero-order valence-electron chi connectivity index (χ0n) is 5.49. The van der Waals surface area contributed by atoms with E-state index in [1.807, 2.05) is 0 Å². The molecule has 3 heteroatoms. The number of nitrogens with one attached hydrogen (secondary N) is 1. The monoisotopic (exact) mass is 142 g/mol. The first kappa shape index (κ1) is 8.39. The van der Waals surface area contributed by atoms with Crippen molar-refractivity contribution in [1.29, 1.82) is 0 Å². The second kappa shape index (κ2) is 5.53. The van der Waals surface area contributed by atoms with Gasteiger partial charge in [0.2, 0.25) is 0 Å². The van der Waals surface area contributed by atoms with Crippen LogP contribution < -0.4 is 4.98 Å². The molecule has 45 valence electrons. The summed E-state index contributed by atoms with van der Waals surface area (Å²) < 4.78 is 0. The van der Waals surface area contributed by atoms with E-state index in [1.54, 1.807) is 0 Å². The van der Waals surface area contributed by atoms with Crippen molar-refractivity contribution in [3.8, 4) is 0 Å². The minimum Gasteiger partial charge on any atom is -0.339 e. The maximum absolute atomic E-state index is 3.50. The van der Waals surface area contributed by atoms with Crippen LogP contribution in [0.5, 0.6) is 0 Å². The van der Waals surface area contributed by atoms with Crippen molar-refractivity contribution in [2.45, 2.75) is 25.4 Å². The quantitative estimate of drug-likeness (QED) is 0.446. The maximum atomic E-state index is 3.50. The highest BCUT2D eigenvalue weighted by molar-refractivity contribution is 6.47. The van der Waals surface area contributed by atoms with Gasteiger partial charge in [0.05, 0.1) is 0 Å². The van der Waals surface area contributed by atoms with E-state index >= 15 is 0 Å². The topological polar surface area (TPSA) is 12.0 Å². The molecule has 0 bridgehead atoms. The van der Waals surface area contributed by atoms with E-state index < -0.39 is 0 Å². The van der Waals surface area contributed by atoms with E-state index in [1.165, 1.54) is 6.42 Å². The summed E-state index contributed by atoms with van der Waals surface area (Å²) in [5, 5.41) is 0.626. The molecule has 0 heterocycles. The van der Waals surface area contributed by atoms with Gasteiger partial charge in [0, 0.05) is 10.2 Å². The fourth-order valence-corrected chi connectivity index (χ4v) is 1.36. The Morgan fingerprint density at radius 2 is 2.38 bits per heavy atom. The summed E-state index contributed by atoms with van der Waals surface area (Å²) in [5.74, 6) is 0. The molecule has 0 amide bonds. The van der Waals surface area contributed by atoms with Crippen molar-refractivity contribution < 1.29 is 0 Å². The second-order valence-corrected chi connectivity index (χ2v) is 4.74. The number of hydrogen-bond acceptors (Lipinski definition) is 1. The Morgan fingerprint density at radius 1 is 1.75 bits per heavy atom. The molecule has 1 nitrogen and oxygen atoms in total. The molecule has 0 fully saturated rings. The third kappa shape index (κ3) is 6.39. The first-order valence-corrected chi connectivity index (χ1v) is 4.62. The van der Waals surface area contributed by atoms with E-state index in [4.69, 9.17) is 0 Å². The Balaban J connectivity index is 2.72. The summed E-state index contributed by atoms with van der Waals surface area (Å²) in [6, 6.07) is 0. The molecule has 5 radical (unpaired) electrons. The van der Waals surface area contributed by atoms with E-state index in [0.29, 0.717) is 5.16 Å². The molecular weight excluding hydrogens is 130 g/mol. The van der Waals surface area contributed by atoms with Crippen molar-refractivity contribution in [1.82, 2.24) is 4.98 Å². The number of hydrogen-bond donors (Lipinski definition) is 1. The van der Waals surface area contributed by atoms with Crippen LogP contribution in [-0.4, -0.2) is 26.5 Å². The largest absolute Gasteiger partial charge is 0.339 e. The summed E-state index contributed by atoms with van der Waals surface area (Å²) in [6.45, 7) is 5.47. The van der Waals surface area contributed by atoms with Crippen molar-refractivity contribution >= 4 is 19.9 Å². The van der Waals surface area contributed by atoms with Crippen LogP contribution in [0.3, 0.4) is 0 Å². The molecule has 1 N–H and O–H groups in total. The van der Waals surface area contributed by atoms with Crippen LogP contribution in [0.15, 0.2) is 0 Å². The van der Waals surface area contributed by atoms with Crippen molar-refractivity contribution in [3.63, 3.8) is 0 Å². The van der Waals surface area contributed by atoms with Gasteiger partial charge in [0.25, 0.3) is 0 Å². The van der Waals surface area contributed by atoms with Gasteiger partial charge in [-0.05, 0) is 18.1 Å². The van der Waals surface area contributed by atoms with E-state index in [-0.39, 0.29) is 0 Å². The van der Waals surface area contributed by atoms with Crippen molar-refractivity contribution in [2.24, 2.45) is 0 Å². The SMILES string of the molecule is CCCN[Si]C(C)[Si]. The minimum absolute atomic E-state index is 0.626. The molecule has 1 unspecified atom stereocenters. The molecular formula is C5H12NSi2. The van der Waals surface area contributed by atoms with Gasteiger partial charge in [-0.1, -0.05) is 13.8 Å². The zero-order valence-corrected chi connectivity index (χ0v) is 7.49. The third-order valence-corrected chi connectivity index (χ3v) is 2.01. The Bertz CT molecular complexity index is 47.7. The fraction of sp³-hybridized carbons (Fsp3) is 1.00. The molecule has 0 aliphatic heterocycles. The summed E-state index contributed by atoms with van der Waals surface area (Å²) in [5.41, 5.74) is 0. The Kier molecular flexibility index (Phi) is 5.80. The molecule has 0 saturated carbocycles. The predicted molar refractivity (Wildman–Crippen MR) is 39.2 cm³/mol. The summed E-state index contributed by atoms with van der Waals surface area (Å²) in [4.78, 5) is 3.31. The van der Waals surface area contributed by atoms with Gasteiger partial charge in [-0.3, -0.25) is 0 Å². The van der Waals surface area contributed by atoms with Gasteiger partial charge in [-0.2, -0.15) is 0 Å². The van der Waals surface area contributed by atoms with E-state index in [9.17, 15) is 0 Å². The summed E-state index contributed by atoms with van der Waals surface area (Å²) in [6.07, 6.45) is 1.23. The Labute approximate surface area is 57.6 Å². The highest BCUT2D eigenvalue weighted by Crippen LogP contribution is 1.86. The lowest BCUT2D eigenvalue weighted by Crippen LogP contribution is -2.23. The van der Waals surface area contributed by atoms with Crippen molar-refractivity contribution in [3.05, 3.63) is 0 Å². The molecule has 0 aliphatic carbocycles. The molecule has 0 saturated heterocycles. The summed E-state index contributed by atoms with van der Waals surface area (Å²) >= 11 is 0. The molecule has 0 aromatic carbocycles. The molecule has 0 aromatic rings. The van der Waals surface area contributed by atoms with Gasteiger partial charge in [0.15, 0.2) is 0 Å². The number of rotatable bonds is 4. The normalized spacial score (nSPS) is 13.9. The van der Waals surface area contributed by atoms with Crippen LogP contribution in [-0.2, 0) is 0 Å². The third-order valence-electron chi connectivity index (χ3n) is 0.694. The zero-order chi connectivity index (χ0) is 6.41. The molecule has 0 aromatic heterocycles. The van der Waals surface area contributed by atoms with Gasteiger partial charge in [0.1, 0.15) is 9.68 Å². The van der Waals surface area contributed by atoms with Crippen LogP contribution in [0.2, 0.25) is 5.16 Å². The molecule has 1 atom stereocenters. The minimum atomic E-state index is 0.626. The first-order valence-electron chi connectivity index (χ1n) is 2.97. The smallest absolute Gasteiger partial charge is 0.138 e. The highest BCUT2D eigenvalue weighted by Gasteiger charge is 1.92. The molecule has 0 spiro atoms. The van der Waals surface area contributed by atoms with Gasteiger partial charge < -0.3 is 4.98 Å². The average molecular weight is 142 g/mol. The van der Waals surface area contributed by atoms with Gasteiger partial charge in [-0.15, -0.1) is 0 Å². The molecule has 0 rings (SSSR count). The summed E-state index contributed by atoms with van der Waals surface area (Å²) in [7, 11) is 4.36. The Hall–Kier alpha value is 0.394. The van der Waals surface area contributed by atoms with Crippen LogP contribution in [0.1, 0.15) is 20.3 Å². The standard InChI is InChI=1S/C5H12NSi2/c1-3-4-6-8-5(2)7/h5-6H,3-4H2,1-2H3. The van der Waals surface area contributed by atoms with Crippen LogP contribution >= 0.6 is 0 Å². The van der Waals surface area contributed by atoms with Gasteiger partial charge in [-0.25, -0.2) is 0 Å².